The Morgan fingerprint density at radius 1 is 1.09 bits per heavy atom. The molecule has 0 aliphatic heterocycles. The van der Waals surface area contributed by atoms with E-state index < -0.39 is 22.2 Å². The Labute approximate surface area is 193 Å². The number of halogens is 1. The summed E-state index contributed by atoms with van der Waals surface area (Å²) in [4.78, 5) is 8.66. The van der Waals surface area contributed by atoms with Crippen LogP contribution in [0.3, 0.4) is 0 Å². The van der Waals surface area contributed by atoms with E-state index in [-0.39, 0.29) is 15.7 Å². The van der Waals surface area contributed by atoms with E-state index in [0.717, 1.165) is 5.56 Å². The quantitative estimate of drug-likeness (QED) is 0.430. The highest BCUT2D eigenvalue weighted by molar-refractivity contribution is 7.92. The van der Waals surface area contributed by atoms with Crippen LogP contribution >= 0.6 is 18.7 Å². The topological polar surface area (TPSA) is 101 Å². The second kappa shape index (κ2) is 9.61. The fraction of sp³-hybridized carbons (Fsp3) is 0.273. The van der Waals surface area contributed by atoms with Gasteiger partial charge in [-0.3, -0.25) is 0 Å². The lowest BCUT2D eigenvalue weighted by atomic mass is 10.2. The van der Waals surface area contributed by atoms with Gasteiger partial charge in [0.15, 0.2) is 15.7 Å². The third-order valence-electron chi connectivity index (χ3n) is 4.80. The molecule has 0 radical (unpaired) electrons. The van der Waals surface area contributed by atoms with Crippen molar-refractivity contribution in [3.05, 3.63) is 65.3 Å². The maximum absolute atomic E-state index is 13.0. The second-order valence-corrected chi connectivity index (χ2v) is 14.1. The van der Waals surface area contributed by atoms with Crippen LogP contribution in [-0.2, 0) is 20.9 Å². The molecule has 0 spiro atoms. The normalized spacial score (nSPS) is 12.1. The molecule has 0 saturated heterocycles. The third-order valence-corrected chi connectivity index (χ3v) is 8.80. The summed E-state index contributed by atoms with van der Waals surface area (Å²) in [7, 11) is -6.32. The van der Waals surface area contributed by atoms with E-state index in [1.807, 2.05) is 30.3 Å². The molecular formula is C22H26ClN4O3PS. The molecule has 1 aromatic heterocycles. The van der Waals surface area contributed by atoms with Crippen molar-refractivity contribution in [2.45, 2.75) is 30.5 Å². The minimum absolute atomic E-state index is 0.0578. The van der Waals surface area contributed by atoms with Crippen molar-refractivity contribution in [3.8, 4) is 0 Å². The first-order valence-electron chi connectivity index (χ1n) is 9.99. The lowest BCUT2D eigenvalue weighted by molar-refractivity contribution is 0.588. The molecule has 3 rings (SSSR count). The van der Waals surface area contributed by atoms with Gasteiger partial charge in [-0.2, -0.15) is 4.98 Å². The van der Waals surface area contributed by atoms with E-state index in [1.54, 1.807) is 39.3 Å². The number of benzene rings is 2. The van der Waals surface area contributed by atoms with Crippen LogP contribution in [0.5, 0.6) is 0 Å². The van der Waals surface area contributed by atoms with Gasteiger partial charge in [0.2, 0.25) is 5.95 Å². The maximum atomic E-state index is 13.0. The van der Waals surface area contributed by atoms with Crippen LogP contribution in [0.1, 0.15) is 19.4 Å². The molecule has 0 saturated carbocycles. The maximum Gasteiger partial charge on any atom is 0.224 e. The Morgan fingerprint density at radius 2 is 1.78 bits per heavy atom. The predicted molar refractivity (Wildman–Crippen MR) is 132 cm³/mol. The van der Waals surface area contributed by atoms with Crippen LogP contribution < -0.4 is 15.9 Å². The molecule has 2 aromatic carbocycles. The van der Waals surface area contributed by atoms with E-state index in [1.165, 1.54) is 12.3 Å². The fourth-order valence-corrected chi connectivity index (χ4v) is 5.21. The molecule has 0 amide bonds. The zero-order valence-corrected chi connectivity index (χ0v) is 20.8. The minimum atomic E-state index is -3.67. The lowest BCUT2D eigenvalue weighted by Gasteiger charge is -2.18. The zero-order chi connectivity index (χ0) is 23.5. The molecule has 1 heterocycles. The second-order valence-electron chi connectivity index (χ2n) is 7.98. The molecule has 3 aromatic rings. The molecular weight excluding hydrogens is 467 g/mol. The monoisotopic (exact) mass is 492 g/mol. The molecule has 0 aliphatic rings. The van der Waals surface area contributed by atoms with Crippen LogP contribution in [-0.4, -0.2) is 37.0 Å². The first-order chi connectivity index (χ1) is 15.0. The Balaban J connectivity index is 1.96. The van der Waals surface area contributed by atoms with Gasteiger partial charge in [0.1, 0.15) is 12.2 Å². The van der Waals surface area contributed by atoms with E-state index in [2.05, 4.69) is 20.6 Å². The number of aromatic nitrogens is 2. The molecule has 32 heavy (non-hydrogen) atoms. The van der Waals surface area contributed by atoms with E-state index in [9.17, 15) is 13.0 Å². The van der Waals surface area contributed by atoms with Gasteiger partial charge >= 0.3 is 0 Å². The van der Waals surface area contributed by atoms with E-state index >= 15 is 0 Å². The van der Waals surface area contributed by atoms with Gasteiger partial charge in [-0.25, -0.2) is 13.4 Å². The highest BCUT2D eigenvalue weighted by Gasteiger charge is 2.26. The SMILES string of the molecule is CC(C)S(=O)(=O)c1cc(P(C)(C)=O)ccc1Nc1nc(NCc2ccccc2)ncc1Cl. The molecule has 0 atom stereocenters. The Bertz CT molecular complexity index is 1260. The number of hydrogen-bond acceptors (Lipinski definition) is 7. The zero-order valence-electron chi connectivity index (χ0n) is 18.3. The predicted octanol–water partition coefficient (Wildman–Crippen LogP) is 4.92. The van der Waals surface area contributed by atoms with Gasteiger partial charge in [0.05, 0.1) is 22.0 Å². The number of anilines is 3. The summed E-state index contributed by atoms with van der Waals surface area (Å²) >= 11 is 6.29. The molecule has 0 aliphatic carbocycles. The average Bonchev–Trinajstić information content (AvgIpc) is 2.74. The molecule has 0 unspecified atom stereocenters. The van der Waals surface area contributed by atoms with Gasteiger partial charge in [0, 0.05) is 11.8 Å². The molecule has 0 bridgehead atoms. The van der Waals surface area contributed by atoms with Crippen molar-refractivity contribution >= 4 is 51.3 Å². The van der Waals surface area contributed by atoms with Crippen molar-refractivity contribution in [1.29, 1.82) is 0 Å². The summed E-state index contributed by atoms with van der Waals surface area (Å²) < 4.78 is 38.6. The number of nitrogens with zero attached hydrogens (tertiary/aromatic N) is 2. The van der Waals surface area contributed by atoms with Crippen LogP contribution in [0.2, 0.25) is 5.02 Å². The van der Waals surface area contributed by atoms with Gasteiger partial charge < -0.3 is 15.2 Å². The summed E-state index contributed by atoms with van der Waals surface area (Å²) in [5.41, 5.74) is 1.37. The van der Waals surface area contributed by atoms with Crippen LogP contribution in [0.4, 0.5) is 17.5 Å². The highest BCUT2D eigenvalue weighted by atomic mass is 35.5. The standard InChI is InChI=1S/C22H26ClN4O3PS/c1-15(2)32(29,30)20-12-17(31(3,4)28)10-11-19(20)26-21-18(23)14-25-22(27-21)24-13-16-8-6-5-7-9-16/h5-12,14-15H,13H2,1-4H3,(H2,24,25,26,27). The van der Waals surface area contributed by atoms with Gasteiger partial charge in [0.25, 0.3) is 0 Å². The van der Waals surface area contributed by atoms with Crippen LogP contribution in [0, 0.1) is 0 Å². The van der Waals surface area contributed by atoms with Crippen molar-refractivity contribution in [1.82, 2.24) is 9.97 Å². The molecule has 7 nitrogen and oxygen atoms in total. The summed E-state index contributed by atoms with van der Waals surface area (Å²) in [5.74, 6) is 0.610. The first kappa shape index (κ1) is 24.2. The summed E-state index contributed by atoms with van der Waals surface area (Å²) in [6, 6.07) is 14.5. The summed E-state index contributed by atoms with van der Waals surface area (Å²) in [6.45, 7) is 6.94. The Morgan fingerprint density at radius 3 is 2.41 bits per heavy atom. The number of rotatable bonds is 8. The summed E-state index contributed by atoms with van der Waals surface area (Å²) in [5, 5.41) is 6.23. The van der Waals surface area contributed by atoms with Gasteiger partial charge in [-0.1, -0.05) is 41.9 Å². The third kappa shape index (κ3) is 5.68. The number of sulfone groups is 1. The summed E-state index contributed by atoms with van der Waals surface area (Å²) in [6.07, 6.45) is 1.45. The molecule has 10 heteroatoms. The molecule has 170 valence electrons. The van der Waals surface area contributed by atoms with E-state index in [0.29, 0.717) is 23.5 Å². The van der Waals surface area contributed by atoms with Gasteiger partial charge in [-0.05, 0) is 50.9 Å². The average molecular weight is 493 g/mol. The van der Waals surface area contributed by atoms with Crippen molar-refractivity contribution in [3.63, 3.8) is 0 Å². The minimum Gasteiger partial charge on any atom is -0.350 e. The fourth-order valence-electron chi connectivity index (χ4n) is 2.88. The Kier molecular flexibility index (Phi) is 7.28. The molecule has 2 N–H and O–H groups in total. The van der Waals surface area contributed by atoms with Crippen LogP contribution in [0.25, 0.3) is 0 Å². The number of nitrogens with one attached hydrogen (secondary N) is 2. The lowest BCUT2D eigenvalue weighted by Crippen LogP contribution is -2.18. The highest BCUT2D eigenvalue weighted by Crippen LogP contribution is 2.38. The number of hydrogen-bond donors (Lipinski definition) is 2. The Hall–Kier alpha value is -2.41. The van der Waals surface area contributed by atoms with Crippen molar-refractivity contribution in [2.24, 2.45) is 0 Å². The smallest absolute Gasteiger partial charge is 0.224 e. The van der Waals surface area contributed by atoms with Gasteiger partial charge in [-0.15, -0.1) is 0 Å². The molecule has 0 fully saturated rings. The largest absolute Gasteiger partial charge is 0.350 e. The first-order valence-corrected chi connectivity index (χ1v) is 14.5. The van der Waals surface area contributed by atoms with Crippen LogP contribution in [0.15, 0.2) is 59.6 Å². The van der Waals surface area contributed by atoms with Crippen molar-refractivity contribution < 1.29 is 13.0 Å². The van der Waals surface area contributed by atoms with Crippen molar-refractivity contribution in [2.75, 3.05) is 24.0 Å². The van der Waals surface area contributed by atoms with E-state index in [4.69, 9.17) is 11.6 Å².